The van der Waals surface area contributed by atoms with Gasteiger partial charge in [-0.2, -0.15) is 5.26 Å². The predicted molar refractivity (Wildman–Crippen MR) is 76.0 cm³/mol. The lowest BCUT2D eigenvalue weighted by Crippen LogP contribution is -2.24. The number of aliphatic hydroxyl groups excluding tert-OH is 1. The van der Waals surface area contributed by atoms with E-state index in [1.54, 1.807) is 12.1 Å². The third-order valence-corrected chi connectivity index (χ3v) is 3.80. The van der Waals surface area contributed by atoms with Gasteiger partial charge in [0.05, 0.1) is 12.1 Å². The summed E-state index contributed by atoms with van der Waals surface area (Å²) in [7, 11) is 0. The highest BCUT2D eigenvalue weighted by molar-refractivity contribution is 5.52. The topological polar surface area (TPSA) is 60.2 Å². The highest BCUT2D eigenvalue weighted by atomic mass is 19.2. The molecule has 4 nitrogen and oxygen atoms in total. The third kappa shape index (κ3) is 2.63. The second-order valence-corrected chi connectivity index (χ2v) is 5.24. The fourth-order valence-electron chi connectivity index (χ4n) is 2.79. The molecule has 3 rings (SSSR count). The lowest BCUT2D eigenvalue weighted by Gasteiger charge is -2.27. The van der Waals surface area contributed by atoms with Crippen LogP contribution in [0, 0.1) is 23.0 Å². The molecule has 2 aromatic rings. The molecule has 0 saturated carbocycles. The van der Waals surface area contributed by atoms with E-state index in [2.05, 4.69) is 4.98 Å². The average molecular weight is 301 g/mol. The summed E-state index contributed by atoms with van der Waals surface area (Å²) in [6.07, 6.45) is 1.35. The van der Waals surface area contributed by atoms with Gasteiger partial charge in [-0.3, -0.25) is 0 Å². The van der Waals surface area contributed by atoms with Crippen LogP contribution in [0.15, 0.2) is 36.5 Å². The van der Waals surface area contributed by atoms with Crippen LogP contribution >= 0.6 is 0 Å². The van der Waals surface area contributed by atoms with Gasteiger partial charge < -0.3 is 10.0 Å². The molecule has 0 amide bonds. The Kier molecular flexibility index (Phi) is 3.73. The van der Waals surface area contributed by atoms with E-state index in [1.165, 1.54) is 12.3 Å². The van der Waals surface area contributed by atoms with Gasteiger partial charge in [0, 0.05) is 18.4 Å². The Morgan fingerprint density at radius 3 is 2.77 bits per heavy atom. The summed E-state index contributed by atoms with van der Waals surface area (Å²) in [5.41, 5.74) is 1.58. The zero-order valence-electron chi connectivity index (χ0n) is 11.6. The van der Waals surface area contributed by atoms with Crippen molar-refractivity contribution in [3.05, 3.63) is 59.4 Å². The van der Waals surface area contributed by atoms with Crippen molar-refractivity contribution in [3.63, 3.8) is 0 Å². The van der Waals surface area contributed by atoms with Crippen LogP contribution in [0.1, 0.15) is 23.7 Å². The number of benzene rings is 1. The van der Waals surface area contributed by atoms with Crippen LogP contribution in [0.5, 0.6) is 0 Å². The summed E-state index contributed by atoms with van der Waals surface area (Å²) < 4.78 is 26.6. The first kappa shape index (κ1) is 14.4. The second kappa shape index (κ2) is 5.70. The summed E-state index contributed by atoms with van der Waals surface area (Å²) in [5.74, 6) is -1.81. The molecule has 22 heavy (non-hydrogen) atoms. The number of aliphatic hydroxyl groups is 1. The number of rotatable bonds is 2. The zero-order chi connectivity index (χ0) is 15.7. The van der Waals surface area contributed by atoms with Crippen LogP contribution in [0.25, 0.3) is 0 Å². The van der Waals surface area contributed by atoms with Gasteiger partial charge in [-0.15, -0.1) is 0 Å². The summed E-state index contributed by atoms with van der Waals surface area (Å²) in [6, 6.07) is 8.78. The molecule has 0 aliphatic carbocycles. The zero-order valence-corrected chi connectivity index (χ0v) is 11.6. The van der Waals surface area contributed by atoms with Gasteiger partial charge in [0.15, 0.2) is 11.6 Å². The second-order valence-electron chi connectivity index (χ2n) is 5.24. The molecule has 1 saturated heterocycles. The van der Waals surface area contributed by atoms with E-state index >= 15 is 0 Å². The number of β-amino-alcohol motifs (C(OH)–C–C–N with tert-alkyl or cyclic N) is 1. The number of pyridine rings is 1. The molecule has 1 N–H and O–H groups in total. The molecule has 0 radical (unpaired) electrons. The lowest BCUT2D eigenvalue weighted by atomic mass is 10.0. The number of nitrogens with zero attached hydrogens (tertiary/aromatic N) is 3. The van der Waals surface area contributed by atoms with E-state index in [-0.39, 0.29) is 11.7 Å². The molecular weight excluding hydrogens is 288 g/mol. The Bertz CT molecular complexity index is 744. The summed E-state index contributed by atoms with van der Waals surface area (Å²) >= 11 is 0. The van der Waals surface area contributed by atoms with E-state index in [1.807, 2.05) is 11.0 Å². The molecule has 112 valence electrons. The Balaban J connectivity index is 1.98. The molecule has 2 heterocycles. The van der Waals surface area contributed by atoms with Crippen molar-refractivity contribution in [3.8, 4) is 6.07 Å². The van der Waals surface area contributed by atoms with Crippen molar-refractivity contribution < 1.29 is 13.9 Å². The molecule has 6 heteroatoms. The number of anilines is 1. The average Bonchev–Trinajstić information content (AvgIpc) is 2.92. The standard InChI is InChI=1S/C16H13F2N3O/c17-14-2-1-10(5-15(14)18)16-7-13(22)9-21(16)12-3-4-20-11(6-12)8-19/h1-6,13,16,22H,7,9H2. The predicted octanol–water partition coefficient (Wildman–Crippen LogP) is 2.54. The Labute approximate surface area is 126 Å². The summed E-state index contributed by atoms with van der Waals surface area (Å²) in [6.45, 7) is 0.360. The van der Waals surface area contributed by atoms with Gasteiger partial charge in [-0.1, -0.05) is 6.07 Å². The van der Waals surface area contributed by atoms with Crippen LogP contribution < -0.4 is 4.90 Å². The maximum Gasteiger partial charge on any atom is 0.159 e. The minimum Gasteiger partial charge on any atom is -0.391 e. The Hall–Kier alpha value is -2.52. The van der Waals surface area contributed by atoms with Crippen LogP contribution in [-0.4, -0.2) is 22.7 Å². The first-order chi connectivity index (χ1) is 10.6. The highest BCUT2D eigenvalue weighted by Gasteiger charge is 2.32. The van der Waals surface area contributed by atoms with E-state index in [4.69, 9.17) is 5.26 Å². The number of nitriles is 1. The van der Waals surface area contributed by atoms with Crippen LogP contribution in [0.2, 0.25) is 0 Å². The van der Waals surface area contributed by atoms with E-state index in [9.17, 15) is 13.9 Å². The van der Waals surface area contributed by atoms with Gasteiger partial charge in [-0.25, -0.2) is 13.8 Å². The monoisotopic (exact) mass is 301 g/mol. The number of aromatic nitrogens is 1. The first-order valence-corrected chi connectivity index (χ1v) is 6.84. The molecule has 0 spiro atoms. The molecule has 2 atom stereocenters. The van der Waals surface area contributed by atoms with Crippen molar-refractivity contribution in [2.24, 2.45) is 0 Å². The fourth-order valence-corrected chi connectivity index (χ4v) is 2.79. The minimum absolute atomic E-state index is 0.267. The van der Waals surface area contributed by atoms with Crippen molar-refractivity contribution in [2.75, 3.05) is 11.4 Å². The van der Waals surface area contributed by atoms with E-state index < -0.39 is 17.7 Å². The Morgan fingerprint density at radius 2 is 2.05 bits per heavy atom. The third-order valence-electron chi connectivity index (χ3n) is 3.80. The smallest absolute Gasteiger partial charge is 0.159 e. The molecule has 2 unspecified atom stereocenters. The van der Waals surface area contributed by atoms with Crippen molar-refractivity contribution in [1.29, 1.82) is 5.26 Å². The molecule has 1 aromatic heterocycles. The van der Waals surface area contributed by atoms with Gasteiger partial charge in [-0.05, 0) is 36.2 Å². The van der Waals surface area contributed by atoms with E-state index in [0.29, 0.717) is 18.5 Å². The molecule has 0 bridgehead atoms. The number of hydrogen-bond donors (Lipinski definition) is 1. The maximum atomic E-state index is 13.5. The molecular formula is C16H13F2N3O. The number of hydrogen-bond acceptors (Lipinski definition) is 4. The number of halogens is 2. The van der Waals surface area contributed by atoms with Crippen LogP contribution in [0.3, 0.4) is 0 Å². The van der Waals surface area contributed by atoms with E-state index in [0.717, 1.165) is 17.8 Å². The van der Waals surface area contributed by atoms with Gasteiger partial charge in [0.25, 0.3) is 0 Å². The van der Waals surface area contributed by atoms with Gasteiger partial charge in [0.2, 0.25) is 0 Å². The molecule has 1 aliphatic rings. The van der Waals surface area contributed by atoms with Gasteiger partial charge in [0.1, 0.15) is 11.8 Å². The minimum atomic E-state index is -0.911. The highest BCUT2D eigenvalue weighted by Crippen LogP contribution is 2.36. The lowest BCUT2D eigenvalue weighted by molar-refractivity contribution is 0.194. The SMILES string of the molecule is N#Cc1cc(N2CC(O)CC2c2ccc(F)c(F)c2)ccn1. The van der Waals surface area contributed by atoms with Gasteiger partial charge >= 0.3 is 0 Å². The molecule has 1 aliphatic heterocycles. The molecule has 1 aromatic carbocycles. The quantitative estimate of drug-likeness (QED) is 0.926. The largest absolute Gasteiger partial charge is 0.391 e. The summed E-state index contributed by atoms with van der Waals surface area (Å²) in [5, 5.41) is 18.9. The summed E-state index contributed by atoms with van der Waals surface area (Å²) in [4.78, 5) is 5.79. The van der Waals surface area contributed by atoms with Crippen LogP contribution in [0.4, 0.5) is 14.5 Å². The van der Waals surface area contributed by atoms with Crippen molar-refractivity contribution >= 4 is 5.69 Å². The Morgan fingerprint density at radius 1 is 1.23 bits per heavy atom. The molecule has 1 fully saturated rings. The first-order valence-electron chi connectivity index (χ1n) is 6.84. The fraction of sp³-hybridized carbons (Fsp3) is 0.250. The van der Waals surface area contributed by atoms with Crippen molar-refractivity contribution in [1.82, 2.24) is 4.98 Å². The van der Waals surface area contributed by atoms with Crippen LogP contribution in [-0.2, 0) is 0 Å². The van der Waals surface area contributed by atoms with Crippen molar-refractivity contribution in [2.45, 2.75) is 18.6 Å². The maximum absolute atomic E-state index is 13.5. The normalized spacial score (nSPS) is 20.9.